The molecular weight excluding hydrogens is 600 g/mol. The molecule has 2 rings (SSSR count). The number of ether oxygens (including phenoxy) is 10. The average Bonchev–Trinajstić information content (AvgIpc) is 3.15. The van der Waals surface area contributed by atoms with Crippen molar-refractivity contribution in [3.05, 3.63) is 0 Å². The highest BCUT2D eigenvalue weighted by atomic mass is 16.8. The standard InChI is InChI=1S/C26H36O18/c1-11(28)35-9-19-21(38-14(4)31)24(41-17(7)34)26(43-19,10-36-12(2)29)44-25-23(40-16(6)33)22(39-15(5)32)20(37-13(3)30)18(8-27)42-25/h18-25,27H,8-10H2,1-7H3/t18-,19-,20-,21-,22+,23-,24+,25-,26+/m1/s1. The largest absolute Gasteiger partial charge is 0.463 e. The van der Waals surface area contributed by atoms with Crippen molar-refractivity contribution in [1.82, 2.24) is 0 Å². The summed E-state index contributed by atoms with van der Waals surface area (Å²) in [6.45, 7) is 4.90. The fourth-order valence-corrected chi connectivity index (χ4v) is 4.57. The topological polar surface area (TPSA) is 232 Å². The molecule has 0 aromatic rings. The Balaban J connectivity index is 2.73. The number of aliphatic hydroxyl groups excluding tert-OH is 1. The Morgan fingerprint density at radius 3 is 1.55 bits per heavy atom. The minimum absolute atomic E-state index is 0.570. The van der Waals surface area contributed by atoms with E-state index in [0.29, 0.717) is 0 Å². The molecule has 2 saturated heterocycles. The van der Waals surface area contributed by atoms with Gasteiger partial charge < -0.3 is 52.5 Å². The van der Waals surface area contributed by atoms with Crippen LogP contribution in [0.5, 0.6) is 0 Å². The van der Waals surface area contributed by atoms with Crippen molar-refractivity contribution in [3.8, 4) is 0 Å². The van der Waals surface area contributed by atoms with E-state index >= 15 is 0 Å². The summed E-state index contributed by atoms with van der Waals surface area (Å²) in [5.74, 6) is -8.62. The van der Waals surface area contributed by atoms with Crippen LogP contribution in [0.2, 0.25) is 0 Å². The van der Waals surface area contributed by atoms with Gasteiger partial charge in [-0.25, -0.2) is 0 Å². The molecule has 0 spiro atoms. The van der Waals surface area contributed by atoms with Gasteiger partial charge in [0.05, 0.1) is 6.61 Å². The van der Waals surface area contributed by atoms with E-state index in [1.54, 1.807) is 0 Å². The lowest BCUT2D eigenvalue weighted by molar-refractivity contribution is -0.384. The Hall–Kier alpha value is -3.87. The first-order chi connectivity index (χ1) is 20.5. The summed E-state index contributed by atoms with van der Waals surface area (Å²) in [5.41, 5.74) is 0. The zero-order chi connectivity index (χ0) is 33.4. The maximum Gasteiger partial charge on any atom is 0.303 e. The molecule has 44 heavy (non-hydrogen) atoms. The van der Waals surface area contributed by atoms with Crippen LogP contribution in [0.25, 0.3) is 0 Å². The number of carbonyl (C=O) groups is 7. The lowest BCUT2D eigenvalue weighted by Gasteiger charge is -2.46. The van der Waals surface area contributed by atoms with Crippen LogP contribution >= 0.6 is 0 Å². The first-order valence-corrected chi connectivity index (χ1v) is 13.2. The van der Waals surface area contributed by atoms with E-state index in [9.17, 15) is 38.7 Å². The van der Waals surface area contributed by atoms with Crippen LogP contribution in [0, 0.1) is 0 Å². The van der Waals surface area contributed by atoms with Crippen LogP contribution in [-0.4, -0.2) is 122 Å². The number of esters is 7. The van der Waals surface area contributed by atoms with E-state index in [1.165, 1.54) is 0 Å². The van der Waals surface area contributed by atoms with Crippen molar-refractivity contribution in [2.45, 2.75) is 103 Å². The lowest BCUT2D eigenvalue weighted by atomic mass is 9.97. The summed E-state index contributed by atoms with van der Waals surface area (Å²) >= 11 is 0. The Kier molecular flexibility index (Phi) is 13.0. The molecule has 2 aliphatic heterocycles. The molecule has 0 radical (unpaired) electrons. The molecule has 2 fully saturated rings. The van der Waals surface area contributed by atoms with E-state index < -0.39 is 116 Å². The van der Waals surface area contributed by atoms with Crippen LogP contribution in [0.4, 0.5) is 0 Å². The number of rotatable bonds is 12. The van der Waals surface area contributed by atoms with Gasteiger partial charge in [0.15, 0.2) is 30.5 Å². The Labute approximate surface area is 251 Å². The van der Waals surface area contributed by atoms with E-state index in [2.05, 4.69) is 0 Å². The second kappa shape index (κ2) is 15.7. The van der Waals surface area contributed by atoms with E-state index in [-0.39, 0.29) is 0 Å². The number of hydrogen-bond donors (Lipinski definition) is 1. The summed E-state index contributed by atoms with van der Waals surface area (Å²) in [7, 11) is 0. The molecule has 0 amide bonds. The highest BCUT2D eigenvalue weighted by Crippen LogP contribution is 2.41. The Morgan fingerprint density at radius 1 is 0.591 bits per heavy atom. The maximum atomic E-state index is 12.2. The van der Waals surface area contributed by atoms with Crippen molar-refractivity contribution in [1.29, 1.82) is 0 Å². The first-order valence-electron chi connectivity index (χ1n) is 13.2. The maximum absolute atomic E-state index is 12.2. The van der Waals surface area contributed by atoms with Crippen molar-refractivity contribution < 1.29 is 86.0 Å². The molecule has 0 saturated carbocycles. The Bertz CT molecular complexity index is 1100. The van der Waals surface area contributed by atoms with Gasteiger partial charge >= 0.3 is 41.8 Å². The fourth-order valence-electron chi connectivity index (χ4n) is 4.57. The number of aliphatic hydroxyl groups is 1. The molecule has 0 aromatic carbocycles. The van der Waals surface area contributed by atoms with Gasteiger partial charge in [0.2, 0.25) is 12.1 Å². The molecule has 0 aliphatic carbocycles. The molecule has 248 valence electrons. The van der Waals surface area contributed by atoms with Crippen molar-refractivity contribution in [2.24, 2.45) is 0 Å². The average molecular weight is 637 g/mol. The quantitative estimate of drug-likeness (QED) is 0.192. The molecular formula is C26H36O18. The summed E-state index contributed by atoms with van der Waals surface area (Å²) in [5, 5.41) is 10.1. The highest BCUT2D eigenvalue weighted by Gasteiger charge is 2.64. The predicted octanol–water partition coefficient (Wildman–Crippen LogP) is -1.40. The summed E-state index contributed by atoms with van der Waals surface area (Å²) < 4.78 is 54.7. The third-order valence-corrected chi connectivity index (χ3v) is 5.96. The van der Waals surface area contributed by atoms with Crippen molar-refractivity contribution in [3.63, 3.8) is 0 Å². The van der Waals surface area contributed by atoms with E-state index in [0.717, 1.165) is 48.5 Å². The highest BCUT2D eigenvalue weighted by molar-refractivity contribution is 5.69. The van der Waals surface area contributed by atoms with Crippen LogP contribution in [0.1, 0.15) is 48.5 Å². The zero-order valence-electron chi connectivity index (χ0n) is 25.1. The third kappa shape index (κ3) is 9.83. The van der Waals surface area contributed by atoms with Gasteiger partial charge in [-0.3, -0.25) is 33.6 Å². The number of hydrogen-bond acceptors (Lipinski definition) is 18. The van der Waals surface area contributed by atoms with Gasteiger partial charge in [-0.05, 0) is 0 Å². The molecule has 18 heteroatoms. The predicted molar refractivity (Wildman–Crippen MR) is 135 cm³/mol. The molecule has 0 unspecified atom stereocenters. The SMILES string of the molecule is CC(=O)OC[C@H]1O[C@@](COC(C)=O)(O[C@H]2O[C@H](CO)[C@@H](OC(C)=O)[C@H](OC(C)=O)[C@H]2OC(C)=O)[C@@H](OC(C)=O)[C@@H]1OC(C)=O. The molecule has 18 nitrogen and oxygen atoms in total. The van der Waals surface area contributed by atoms with Gasteiger partial charge in [0.25, 0.3) is 0 Å². The van der Waals surface area contributed by atoms with Gasteiger partial charge in [0, 0.05) is 48.5 Å². The van der Waals surface area contributed by atoms with Crippen molar-refractivity contribution in [2.75, 3.05) is 19.8 Å². The van der Waals surface area contributed by atoms with Gasteiger partial charge in [-0.2, -0.15) is 0 Å². The summed E-state index contributed by atoms with van der Waals surface area (Å²) in [6, 6.07) is 0. The zero-order valence-corrected chi connectivity index (χ0v) is 25.1. The normalized spacial score (nSPS) is 31.2. The van der Waals surface area contributed by atoms with Crippen molar-refractivity contribution >= 4 is 41.8 Å². The van der Waals surface area contributed by atoms with Gasteiger partial charge in [-0.1, -0.05) is 0 Å². The minimum atomic E-state index is -2.44. The molecule has 0 bridgehead atoms. The van der Waals surface area contributed by atoms with Crippen LogP contribution in [0.3, 0.4) is 0 Å². The van der Waals surface area contributed by atoms with E-state index in [1.807, 2.05) is 0 Å². The molecule has 0 aromatic heterocycles. The first kappa shape index (κ1) is 36.3. The molecule has 1 N–H and O–H groups in total. The molecule has 2 heterocycles. The number of carbonyl (C=O) groups excluding carboxylic acids is 7. The lowest BCUT2D eigenvalue weighted by Crippen LogP contribution is -2.65. The monoisotopic (exact) mass is 636 g/mol. The van der Waals surface area contributed by atoms with Crippen LogP contribution in [-0.2, 0) is 80.9 Å². The second-order valence-electron chi connectivity index (χ2n) is 9.72. The Morgan fingerprint density at radius 2 is 1.07 bits per heavy atom. The molecule has 2 aliphatic rings. The summed E-state index contributed by atoms with van der Waals surface area (Å²) in [4.78, 5) is 83.9. The van der Waals surface area contributed by atoms with Gasteiger partial charge in [-0.15, -0.1) is 0 Å². The molecule has 9 atom stereocenters. The van der Waals surface area contributed by atoms with E-state index in [4.69, 9.17) is 47.4 Å². The van der Waals surface area contributed by atoms with Crippen LogP contribution < -0.4 is 0 Å². The van der Waals surface area contributed by atoms with Gasteiger partial charge in [0.1, 0.15) is 25.4 Å². The minimum Gasteiger partial charge on any atom is -0.463 e. The fraction of sp³-hybridized carbons (Fsp3) is 0.731. The third-order valence-electron chi connectivity index (χ3n) is 5.96. The second-order valence-corrected chi connectivity index (χ2v) is 9.72. The summed E-state index contributed by atoms with van der Waals surface area (Å²) in [6.07, 6.45) is -13.0. The smallest absolute Gasteiger partial charge is 0.303 e. The van der Waals surface area contributed by atoms with Crippen LogP contribution in [0.15, 0.2) is 0 Å².